The van der Waals surface area contributed by atoms with E-state index in [1.165, 1.54) is 12.1 Å². The van der Waals surface area contributed by atoms with Crippen molar-refractivity contribution in [3.8, 4) is 0 Å². The van der Waals surface area contributed by atoms with Crippen LogP contribution < -0.4 is 5.32 Å². The summed E-state index contributed by atoms with van der Waals surface area (Å²) in [5, 5.41) is 3.77. The fourth-order valence-electron chi connectivity index (χ4n) is 2.08. The molecule has 98 valence electrons. The van der Waals surface area contributed by atoms with E-state index in [1.54, 1.807) is 12.1 Å². The highest BCUT2D eigenvalue weighted by Crippen LogP contribution is 2.14. The van der Waals surface area contributed by atoms with E-state index in [9.17, 15) is 4.39 Å². The lowest BCUT2D eigenvalue weighted by molar-refractivity contribution is -0.0473. The van der Waals surface area contributed by atoms with Gasteiger partial charge in [0, 0.05) is 18.8 Å². The van der Waals surface area contributed by atoms with Crippen molar-refractivity contribution in [2.45, 2.75) is 26.1 Å². The first-order chi connectivity index (χ1) is 8.54. The first-order valence-electron chi connectivity index (χ1n) is 6.01. The Labute approximate surface area is 112 Å². The van der Waals surface area contributed by atoms with E-state index >= 15 is 0 Å². The normalized spacial score (nSPS) is 23.8. The fourth-order valence-corrected chi connectivity index (χ4v) is 2.35. The summed E-state index contributed by atoms with van der Waals surface area (Å²) < 4.78 is 18.4. The van der Waals surface area contributed by atoms with Gasteiger partial charge in [0.25, 0.3) is 0 Å². The van der Waals surface area contributed by atoms with E-state index in [0.717, 1.165) is 18.8 Å². The molecular weight excluding hydrogens is 251 g/mol. The highest BCUT2D eigenvalue weighted by Gasteiger charge is 2.23. The van der Waals surface area contributed by atoms with Gasteiger partial charge in [0.1, 0.15) is 5.82 Å². The summed E-state index contributed by atoms with van der Waals surface area (Å²) in [6, 6.07) is 6.18. The van der Waals surface area contributed by atoms with Crippen LogP contribution in [-0.2, 0) is 4.74 Å². The first-order valence-corrected chi connectivity index (χ1v) is 6.42. The molecule has 1 aliphatic heterocycles. The summed E-state index contributed by atoms with van der Waals surface area (Å²) in [5.74, 6) is -0.250. The third-order valence-corrected chi connectivity index (χ3v) is 3.16. The molecule has 1 saturated heterocycles. The summed E-state index contributed by atoms with van der Waals surface area (Å²) in [6.45, 7) is 5.61. The van der Waals surface area contributed by atoms with Crippen molar-refractivity contribution in [3.63, 3.8) is 0 Å². The maximum absolute atomic E-state index is 12.8. The van der Waals surface area contributed by atoms with Crippen LogP contribution in [0.4, 0.5) is 10.1 Å². The largest absolute Gasteiger partial charge is 0.372 e. The molecular formula is C13H17FN2OS. The molecule has 0 saturated carbocycles. The molecule has 0 aliphatic carbocycles. The Hall–Kier alpha value is -1.20. The SMILES string of the molecule is C[C@@H]1CN(C(=S)Nc2ccc(F)cc2)C[C@H](C)O1. The van der Waals surface area contributed by atoms with E-state index < -0.39 is 0 Å². The van der Waals surface area contributed by atoms with E-state index in [4.69, 9.17) is 17.0 Å². The Kier molecular flexibility index (Phi) is 4.14. The van der Waals surface area contributed by atoms with E-state index in [0.29, 0.717) is 5.11 Å². The van der Waals surface area contributed by atoms with Crippen molar-refractivity contribution in [1.82, 2.24) is 4.90 Å². The van der Waals surface area contributed by atoms with Crippen LogP contribution in [0.1, 0.15) is 13.8 Å². The smallest absolute Gasteiger partial charge is 0.173 e. The van der Waals surface area contributed by atoms with Gasteiger partial charge in [0.2, 0.25) is 0 Å². The van der Waals surface area contributed by atoms with Crippen molar-refractivity contribution in [3.05, 3.63) is 30.1 Å². The summed E-state index contributed by atoms with van der Waals surface area (Å²) in [5.41, 5.74) is 0.799. The number of thiocarbonyl (C=S) groups is 1. The molecule has 1 aromatic carbocycles. The molecule has 2 atom stereocenters. The number of nitrogens with zero attached hydrogens (tertiary/aromatic N) is 1. The Bertz CT molecular complexity index is 414. The molecule has 0 unspecified atom stereocenters. The zero-order valence-electron chi connectivity index (χ0n) is 10.5. The molecule has 0 bridgehead atoms. The summed E-state index contributed by atoms with van der Waals surface area (Å²) >= 11 is 5.36. The third-order valence-electron chi connectivity index (χ3n) is 2.80. The van der Waals surface area contributed by atoms with Gasteiger partial charge in [0.15, 0.2) is 5.11 Å². The van der Waals surface area contributed by atoms with Gasteiger partial charge in [0.05, 0.1) is 12.2 Å². The summed E-state index contributed by atoms with van der Waals surface area (Å²) in [4.78, 5) is 2.08. The van der Waals surface area contributed by atoms with Gasteiger partial charge in [-0.3, -0.25) is 0 Å². The number of benzene rings is 1. The summed E-state index contributed by atoms with van der Waals surface area (Å²) in [7, 11) is 0. The van der Waals surface area contributed by atoms with Crippen molar-refractivity contribution in [1.29, 1.82) is 0 Å². The quantitative estimate of drug-likeness (QED) is 0.791. The van der Waals surface area contributed by atoms with Crippen LogP contribution in [0, 0.1) is 5.82 Å². The predicted molar refractivity (Wildman–Crippen MR) is 74.2 cm³/mol. The highest BCUT2D eigenvalue weighted by atomic mass is 32.1. The van der Waals surface area contributed by atoms with Crippen LogP contribution >= 0.6 is 12.2 Å². The molecule has 0 spiro atoms. The van der Waals surface area contributed by atoms with Crippen molar-refractivity contribution in [2.75, 3.05) is 18.4 Å². The Morgan fingerprint density at radius 2 is 1.83 bits per heavy atom. The molecule has 1 N–H and O–H groups in total. The second kappa shape index (κ2) is 5.63. The zero-order chi connectivity index (χ0) is 13.1. The molecule has 3 nitrogen and oxygen atoms in total. The number of ether oxygens (including phenoxy) is 1. The number of hydrogen-bond donors (Lipinski definition) is 1. The van der Waals surface area contributed by atoms with Crippen molar-refractivity contribution >= 4 is 23.0 Å². The molecule has 1 aromatic rings. The highest BCUT2D eigenvalue weighted by molar-refractivity contribution is 7.80. The summed E-state index contributed by atoms with van der Waals surface area (Å²) in [6.07, 6.45) is 0.337. The van der Waals surface area contributed by atoms with E-state index in [-0.39, 0.29) is 18.0 Å². The van der Waals surface area contributed by atoms with Gasteiger partial charge in [-0.15, -0.1) is 0 Å². The minimum atomic E-state index is -0.250. The second-order valence-corrected chi connectivity index (χ2v) is 4.99. The van der Waals surface area contributed by atoms with Gasteiger partial charge < -0.3 is 15.0 Å². The first kappa shape index (κ1) is 13.2. The van der Waals surface area contributed by atoms with Crippen LogP contribution in [0.2, 0.25) is 0 Å². The Balaban J connectivity index is 1.97. The van der Waals surface area contributed by atoms with E-state index in [1.807, 2.05) is 13.8 Å². The molecule has 1 aliphatic rings. The molecule has 18 heavy (non-hydrogen) atoms. The van der Waals surface area contributed by atoms with Gasteiger partial charge in [-0.1, -0.05) is 0 Å². The van der Waals surface area contributed by atoms with Crippen LogP contribution in [0.25, 0.3) is 0 Å². The average molecular weight is 268 g/mol. The lowest BCUT2D eigenvalue weighted by atomic mass is 10.2. The van der Waals surface area contributed by atoms with Gasteiger partial charge in [-0.05, 0) is 50.3 Å². The topological polar surface area (TPSA) is 24.5 Å². The maximum atomic E-state index is 12.8. The van der Waals surface area contributed by atoms with Gasteiger partial charge >= 0.3 is 0 Å². The standard InChI is InChI=1S/C13H17FN2OS/c1-9-7-16(8-10(2)17-9)13(18)15-12-5-3-11(14)4-6-12/h3-6,9-10H,7-8H2,1-2H3,(H,15,18)/t9-,10+. The lowest BCUT2D eigenvalue weighted by Crippen LogP contribution is -2.49. The predicted octanol–water partition coefficient (Wildman–Crippen LogP) is 2.63. The number of halogens is 1. The number of morpholine rings is 1. The van der Waals surface area contributed by atoms with Crippen LogP contribution in [0.15, 0.2) is 24.3 Å². The Morgan fingerprint density at radius 3 is 2.39 bits per heavy atom. The van der Waals surface area contributed by atoms with Gasteiger partial charge in [-0.25, -0.2) is 4.39 Å². The minimum Gasteiger partial charge on any atom is -0.372 e. The lowest BCUT2D eigenvalue weighted by Gasteiger charge is -2.36. The molecule has 2 rings (SSSR count). The van der Waals surface area contributed by atoms with E-state index in [2.05, 4.69) is 10.2 Å². The number of rotatable bonds is 1. The Morgan fingerprint density at radius 1 is 1.28 bits per heavy atom. The van der Waals surface area contributed by atoms with Gasteiger partial charge in [-0.2, -0.15) is 0 Å². The maximum Gasteiger partial charge on any atom is 0.173 e. The molecule has 0 aromatic heterocycles. The zero-order valence-corrected chi connectivity index (χ0v) is 11.3. The fraction of sp³-hybridized carbons (Fsp3) is 0.462. The minimum absolute atomic E-state index is 0.168. The van der Waals surface area contributed by atoms with Crippen LogP contribution in [0.3, 0.4) is 0 Å². The molecule has 5 heteroatoms. The molecule has 0 radical (unpaired) electrons. The van der Waals surface area contributed by atoms with Crippen molar-refractivity contribution in [2.24, 2.45) is 0 Å². The number of hydrogen-bond acceptors (Lipinski definition) is 2. The third kappa shape index (κ3) is 3.40. The average Bonchev–Trinajstić information content (AvgIpc) is 2.31. The molecule has 1 heterocycles. The number of anilines is 1. The van der Waals surface area contributed by atoms with Crippen LogP contribution in [0.5, 0.6) is 0 Å². The van der Waals surface area contributed by atoms with Crippen LogP contribution in [-0.4, -0.2) is 35.3 Å². The van der Waals surface area contributed by atoms with Crippen molar-refractivity contribution < 1.29 is 9.13 Å². The molecule has 0 amide bonds. The second-order valence-electron chi connectivity index (χ2n) is 4.60. The monoisotopic (exact) mass is 268 g/mol. The number of nitrogens with one attached hydrogen (secondary N) is 1. The molecule has 1 fully saturated rings.